The van der Waals surface area contributed by atoms with Crippen LogP contribution in [0.3, 0.4) is 0 Å². The molecule has 0 spiro atoms. The third kappa shape index (κ3) is 5.85. The summed E-state index contributed by atoms with van der Waals surface area (Å²) in [6.45, 7) is 6.84. The molecule has 2 atom stereocenters. The fourth-order valence-electron chi connectivity index (χ4n) is 4.32. The van der Waals surface area contributed by atoms with E-state index in [-0.39, 0.29) is 0 Å². The van der Waals surface area contributed by atoms with E-state index >= 15 is 0 Å². The molecule has 2 unspecified atom stereocenters. The van der Waals surface area contributed by atoms with Crippen molar-refractivity contribution in [1.29, 1.82) is 0 Å². The lowest BCUT2D eigenvalue weighted by Crippen LogP contribution is -2.44. The van der Waals surface area contributed by atoms with Crippen LogP contribution in [0.25, 0.3) is 0 Å². The van der Waals surface area contributed by atoms with Gasteiger partial charge in [-0.1, -0.05) is 78.1 Å². The summed E-state index contributed by atoms with van der Waals surface area (Å²) >= 11 is 0. The van der Waals surface area contributed by atoms with Crippen molar-refractivity contribution in [2.24, 2.45) is 0 Å². The van der Waals surface area contributed by atoms with Crippen LogP contribution in [0, 0.1) is 0 Å². The number of likely N-dealkylation sites (tertiary alicyclic amines) is 1. The summed E-state index contributed by atoms with van der Waals surface area (Å²) in [7, 11) is 0. The zero-order chi connectivity index (χ0) is 15.6. The van der Waals surface area contributed by atoms with E-state index in [1.165, 1.54) is 90.0 Å². The second-order valence-corrected chi connectivity index (χ2v) is 7.60. The molecule has 22 heavy (non-hydrogen) atoms. The van der Waals surface area contributed by atoms with Gasteiger partial charge in [-0.15, -0.1) is 0 Å². The average Bonchev–Trinajstić information content (AvgIpc) is 3.15. The van der Waals surface area contributed by atoms with Crippen LogP contribution in [0.2, 0.25) is 0 Å². The van der Waals surface area contributed by atoms with E-state index in [4.69, 9.17) is 4.74 Å². The normalized spacial score (nSPS) is 24.7. The molecule has 2 nitrogen and oxygen atoms in total. The van der Waals surface area contributed by atoms with Gasteiger partial charge >= 0.3 is 0 Å². The molecule has 2 saturated heterocycles. The number of nitrogens with zero attached hydrogens (tertiary/aromatic N) is 1. The smallest absolute Gasteiger partial charge is 0.0718 e. The first-order chi connectivity index (χ1) is 10.8. The molecular weight excluding hydrogens is 270 g/mol. The zero-order valence-electron chi connectivity index (χ0n) is 15.2. The first-order valence-corrected chi connectivity index (χ1v) is 10.2. The van der Waals surface area contributed by atoms with E-state index < -0.39 is 0 Å². The second-order valence-electron chi connectivity index (χ2n) is 7.60. The first kappa shape index (κ1) is 18.3. The number of hydrogen-bond acceptors (Lipinski definition) is 2. The van der Waals surface area contributed by atoms with E-state index in [2.05, 4.69) is 18.7 Å². The van der Waals surface area contributed by atoms with Crippen molar-refractivity contribution in [3.05, 3.63) is 0 Å². The first-order valence-electron chi connectivity index (χ1n) is 10.2. The maximum atomic E-state index is 5.81. The van der Waals surface area contributed by atoms with Gasteiger partial charge in [-0.25, -0.2) is 0 Å². The van der Waals surface area contributed by atoms with Gasteiger partial charge in [-0.2, -0.15) is 0 Å². The number of morpholine rings is 1. The summed E-state index contributed by atoms with van der Waals surface area (Å²) < 4.78 is 5.81. The van der Waals surface area contributed by atoms with E-state index in [1.54, 1.807) is 0 Å². The molecule has 2 aliphatic rings. The van der Waals surface area contributed by atoms with Gasteiger partial charge in [0.25, 0.3) is 0 Å². The SMILES string of the molecule is CCCCCCCC(CCCCCCC)N1CC2CC1CO2. The van der Waals surface area contributed by atoms with Crippen molar-refractivity contribution in [1.82, 2.24) is 4.90 Å². The Morgan fingerprint density at radius 2 is 1.45 bits per heavy atom. The molecule has 0 radical (unpaired) electrons. The predicted molar refractivity (Wildman–Crippen MR) is 95.4 cm³/mol. The van der Waals surface area contributed by atoms with E-state index in [0.717, 1.165) is 18.7 Å². The van der Waals surface area contributed by atoms with Crippen LogP contribution in [-0.2, 0) is 4.74 Å². The van der Waals surface area contributed by atoms with E-state index in [1.807, 2.05) is 0 Å². The molecule has 130 valence electrons. The van der Waals surface area contributed by atoms with Crippen LogP contribution < -0.4 is 0 Å². The summed E-state index contributed by atoms with van der Waals surface area (Å²) in [6.07, 6.45) is 18.9. The third-order valence-electron chi connectivity index (χ3n) is 5.69. The van der Waals surface area contributed by atoms with Gasteiger partial charge < -0.3 is 4.74 Å². The molecule has 2 rings (SSSR count). The number of rotatable bonds is 13. The molecule has 0 aliphatic carbocycles. The highest BCUT2D eigenvalue weighted by Gasteiger charge is 2.41. The molecule has 0 aromatic heterocycles. The zero-order valence-corrected chi connectivity index (χ0v) is 15.2. The van der Waals surface area contributed by atoms with Crippen LogP contribution in [0.1, 0.15) is 97.3 Å². The van der Waals surface area contributed by atoms with E-state index in [9.17, 15) is 0 Å². The molecule has 2 aliphatic heterocycles. The molecule has 2 bridgehead atoms. The lowest BCUT2D eigenvalue weighted by atomic mass is 9.98. The summed E-state index contributed by atoms with van der Waals surface area (Å²) in [5.41, 5.74) is 0. The Labute approximate surface area is 139 Å². The second kappa shape index (κ2) is 10.6. The number of fused-ring (bicyclic) bond motifs is 2. The summed E-state index contributed by atoms with van der Waals surface area (Å²) in [6, 6.07) is 1.60. The molecule has 2 heterocycles. The van der Waals surface area contributed by atoms with Gasteiger partial charge in [0.05, 0.1) is 12.7 Å². The van der Waals surface area contributed by atoms with Gasteiger partial charge in [0.2, 0.25) is 0 Å². The van der Waals surface area contributed by atoms with Crippen molar-refractivity contribution in [2.45, 2.75) is 116 Å². The van der Waals surface area contributed by atoms with Crippen molar-refractivity contribution in [3.63, 3.8) is 0 Å². The summed E-state index contributed by atoms with van der Waals surface area (Å²) in [5.74, 6) is 0. The lowest BCUT2D eigenvalue weighted by molar-refractivity contribution is 0.00691. The fourth-order valence-corrected chi connectivity index (χ4v) is 4.32. The minimum atomic E-state index is 0.563. The highest BCUT2D eigenvalue weighted by Crippen LogP contribution is 2.32. The Hall–Kier alpha value is -0.0800. The maximum Gasteiger partial charge on any atom is 0.0718 e. The fraction of sp³-hybridized carbons (Fsp3) is 1.00. The van der Waals surface area contributed by atoms with Crippen LogP contribution in [0.4, 0.5) is 0 Å². The quantitative estimate of drug-likeness (QED) is 0.414. The lowest BCUT2D eigenvalue weighted by Gasteiger charge is -2.35. The molecule has 0 aromatic carbocycles. The Morgan fingerprint density at radius 1 is 0.864 bits per heavy atom. The van der Waals surface area contributed by atoms with Gasteiger partial charge in [0.15, 0.2) is 0 Å². The van der Waals surface area contributed by atoms with Gasteiger partial charge in [-0.05, 0) is 19.3 Å². The molecular formula is C20H39NO. The Balaban J connectivity index is 1.69. The molecule has 0 saturated carbocycles. The number of ether oxygens (including phenoxy) is 1. The largest absolute Gasteiger partial charge is 0.375 e. The highest BCUT2D eigenvalue weighted by atomic mass is 16.5. The van der Waals surface area contributed by atoms with Crippen LogP contribution in [0.15, 0.2) is 0 Å². The van der Waals surface area contributed by atoms with Crippen LogP contribution in [0.5, 0.6) is 0 Å². The van der Waals surface area contributed by atoms with Gasteiger partial charge in [0, 0.05) is 18.6 Å². The molecule has 0 amide bonds. The molecule has 2 fully saturated rings. The van der Waals surface area contributed by atoms with Crippen LogP contribution >= 0.6 is 0 Å². The highest BCUT2D eigenvalue weighted by molar-refractivity contribution is 4.94. The average molecular weight is 310 g/mol. The minimum absolute atomic E-state index is 0.563. The van der Waals surface area contributed by atoms with E-state index in [0.29, 0.717) is 6.10 Å². The maximum absolute atomic E-state index is 5.81. The molecule has 0 aromatic rings. The standard InChI is InChI=1S/C20H39NO/c1-3-5-7-9-11-13-18(14-12-10-8-6-4-2)21-16-20-15-19(21)17-22-20/h18-20H,3-17H2,1-2H3. The minimum Gasteiger partial charge on any atom is -0.375 e. The Kier molecular flexibility index (Phi) is 8.84. The monoisotopic (exact) mass is 309 g/mol. The number of hydrogen-bond donors (Lipinski definition) is 0. The van der Waals surface area contributed by atoms with Gasteiger partial charge in [-0.3, -0.25) is 4.90 Å². The Morgan fingerprint density at radius 3 is 1.91 bits per heavy atom. The summed E-state index contributed by atoms with van der Waals surface area (Å²) in [5, 5.41) is 0. The summed E-state index contributed by atoms with van der Waals surface area (Å²) in [4.78, 5) is 2.83. The number of unbranched alkanes of at least 4 members (excludes halogenated alkanes) is 8. The van der Waals surface area contributed by atoms with Crippen molar-refractivity contribution < 1.29 is 4.74 Å². The van der Waals surface area contributed by atoms with Crippen molar-refractivity contribution >= 4 is 0 Å². The van der Waals surface area contributed by atoms with Gasteiger partial charge in [0.1, 0.15) is 0 Å². The molecule has 0 N–H and O–H groups in total. The third-order valence-corrected chi connectivity index (χ3v) is 5.69. The van der Waals surface area contributed by atoms with Crippen molar-refractivity contribution in [3.8, 4) is 0 Å². The van der Waals surface area contributed by atoms with Crippen LogP contribution in [-0.4, -0.2) is 36.2 Å². The predicted octanol–water partition coefficient (Wildman–Crippen LogP) is 5.55. The molecule has 2 heteroatoms. The van der Waals surface area contributed by atoms with Crippen molar-refractivity contribution in [2.75, 3.05) is 13.2 Å². The topological polar surface area (TPSA) is 12.5 Å². The Bertz CT molecular complexity index is 267.